The van der Waals surface area contributed by atoms with Gasteiger partial charge in [0.1, 0.15) is 0 Å². The molecule has 0 amide bonds. The van der Waals surface area contributed by atoms with Crippen molar-refractivity contribution in [2.45, 2.75) is 6.54 Å². The summed E-state index contributed by atoms with van der Waals surface area (Å²) in [5.74, 6) is -0.268. The smallest absolute Gasteiger partial charge is 0.319 e. The third-order valence-corrected chi connectivity index (χ3v) is 1.53. The van der Waals surface area contributed by atoms with Crippen LogP contribution in [0.4, 0.5) is 0 Å². The lowest BCUT2D eigenvalue weighted by Gasteiger charge is -2.01. The van der Waals surface area contributed by atoms with Crippen molar-refractivity contribution in [3.05, 3.63) is 30.1 Å². The van der Waals surface area contributed by atoms with Crippen LogP contribution in [0.5, 0.6) is 0 Å². The van der Waals surface area contributed by atoms with E-state index in [9.17, 15) is 4.79 Å². The summed E-state index contributed by atoms with van der Waals surface area (Å²) in [4.78, 5) is 14.8. The van der Waals surface area contributed by atoms with E-state index >= 15 is 0 Å². The van der Waals surface area contributed by atoms with Crippen LogP contribution in [0.3, 0.4) is 0 Å². The lowest BCUT2D eigenvalue weighted by Crippen LogP contribution is -2.23. The Kier molecular flexibility index (Phi) is 3.92. The summed E-state index contributed by atoms with van der Waals surface area (Å²) in [5.41, 5.74) is 0.909. The van der Waals surface area contributed by atoms with Gasteiger partial charge in [-0.15, -0.1) is 0 Å². The van der Waals surface area contributed by atoms with Gasteiger partial charge in [-0.25, -0.2) is 0 Å². The minimum atomic E-state index is -0.268. The molecule has 1 heterocycles. The van der Waals surface area contributed by atoms with E-state index in [-0.39, 0.29) is 12.5 Å². The SMILES string of the molecule is COC(=O)CNCc1ccccn1. The predicted octanol–water partition coefficient (Wildman–Crippen LogP) is 0.344. The van der Waals surface area contributed by atoms with Crippen LogP contribution in [-0.2, 0) is 16.1 Å². The first-order valence-electron chi connectivity index (χ1n) is 4.00. The Labute approximate surface area is 76.9 Å². The molecule has 0 bridgehead atoms. The van der Waals surface area contributed by atoms with Gasteiger partial charge in [0.2, 0.25) is 0 Å². The summed E-state index contributed by atoms with van der Waals surface area (Å²) in [6.07, 6.45) is 1.72. The zero-order chi connectivity index (χ0) is 9.52. The number of methoxy groups -OCH3 is 1. The lowest BCUT2D eigenvalue weighted by molar-refractivity contribution is -0.139. The van der Waals surface area contributed by atoms with Crippen molar-refractivity contribution in [3.63, 3.8) is 0 Å². The fraction of sp³-hybridized carbons (Fsp3) is 0.333. The highest BCUT2D eigenvalue weighted by molar-refractivity contribution is 5.71. The molecule has 0 saturated carbocycles. The highest BCUT2D eigenvalue weighted by atomic mass is 16.5. The molecule has 4 nitrogen and oxygen atoms in total. The zero-order valence-corrected chi connectivity index (χ0v) is 7.49. The van der Waals surface area contributed by atoms with Gasteiger partial charge in [0.05, 0.1) is 19.3 Å². The number of rotatable bonds is 4. The highest BCUT2D eigenvalue weighted by Crippen LogP contribution is 1.91. The zero-order valence-electron chi connectivity index (χ0n) is 7.49. The van der Waals surface area contributed by atoms with E-state index in [2.05, 4.69) is 15.0 Å². The molecule has 13 heavy (non-hydrogen) atoms. The van der Waals surface area contributed by atoms with E-state index in [0.717, 1.165) is 5.69 Å². The molecule has 1 rings (SSSR count). The first kappa shape index (κ1) is 9.67. The van der Waals surface area contributed by atoms with Crippen LogP contribution in [0.25, 0.3) is 0 Å². The number of hydrogen-bond acceptors (Lipinski definition) is 4. The predicted molar refractivity (Wildman–Crippen MR) is 48.0 cm³/mol. The molecule has 4 heteroatoms. The molecule has 1 aromatic heterocycles. The van der Waals surface area contributed by atoms with Gasteiger partial charge in [-0.05, 0) is 12.1 Å². The van der Waals surface area contributed by atoms with Crippen LogP contribution in [0.15, 0.2) is 24.4 Å². The van der Waals surface area contributed by atoms with Crippen LogP contribution in [0.1, 0.15) is 5.69 Å². The van der Waals surface area contributed by atoms with E-state index in [1.165, 1.54) is 7.11 Å². The van der Waals surface area contributed by atoms with Crippen LogP contribution >= 0.6 is 0 Å². The summed E-state index contributed by atoms with van der Waals surface area (Å²) < 4.78 is 4.47. The standard InChI is InChI=1S/C9H12N2O2/c1-13-9(12)7-10-6-8-4-2-3-5-11-8/h2-5,10H,6-7H2,1H3. The highest BCUT2D eigenvalue weighted by Gasteiger charge is 1.98. The minimum Gasteiger partial charge on any atom is -0.468 e. The van der Waals surface area contributed by atoms with Gasteiger partial charge in [0.25, 0.3) is 0 Å². The van der Waals surface area contributed by atoms with E-state index in [4.69, 9.17) is 0 Å². The van der Waals surface area contributed by atoms with Crippen LogP contribution in [0, 0.1) is 0 Å². The number of pyridine rings is 1. The Morgan fingerprint density at radius 2 is 2.46 bits per heavy atom. The van der Waals surface area contributed by atoms with Gasteiger partial charge < -0.3 is 10.1 Å². The molecule has 0 saturated heterocycles. The molecule has 0 fully saturated rings. The maximum absolute atomic E-state index is 10.7. The number of carbonyl (C=O) groups excluding carboxylic acids is 1. The summed E-state index contributed by atoms with van der Waals surface area (Å²) in [6, 6.07) is 5.65. The monoisotopic (exact) mass is 180 g/mol. The Morgan fingerprint density at radius 3 is 3.08 bits per heavy atom. The number of hydrogen-bond donors (Lipinski definition) is 1. The van der Waals surface area contributed by atoms with E-state index < -0.39 is 0 Å². The summed E-state index contributed by atoms with van der Waals surface area (Å²) in [6.45, 7) is 0.795. The number of aromatic nitrogens is 1. The molecule has 70 valence electrons. The molecule has 1 aromatic rings. The number of esters is 1. The van der Waals surface area contributed by atoms with Gasteiger partial charge in [-0.2, -0.15) is 0 Å². The van der Waals surface area contributed by atoms with E-state index in [1.54, 1.807) is 6.20 Å². The molecule has 0 aliphatic rings. The summed E-state index contributed by atoms with van der Waals surface area (Å²) >= 11 is 0. The normalized spacial score (nSPS) is 9.62. The molecule has 0 aliphatic heterocycles. The van der Waals surface area contributed by atoms with Gasteiger partial charge in [0, 0.05) is 12.7 Å². The maximum Gasteiger partial charge on any atom is 0.319 e. The maximum atomic E-state index is 10.7. The van der Waals surface area contributed by atoms with Gasteiger partial charge in [-0.3, -0.25) is 9.78 Å². The molecular formula is C9H12N2O2. The van der Waals surface area contributed by atoms with Crippen LogP contribution in [0.2, 0.25) is 0 Å². The molecule has 1 N–H and O–H groups in total. The number of ether oxygens (including phenoxy) is 1. The van der Waals surface area contributed by atoms with Crippen molar-refractivity contribution in [2.75, 3.05) is 13.7 Å². The molecule has 0 aliphatic carbocycles. The van der Waals surface area contributed by atoms with E-state index in [1.807, 2.05) is 18.2 Å². The van der Waals surface area contributed by atoms with Crippen molar-refractivity contribution >= 4 is 5.97 Å². The van der Waals surface area contributed by atoms with Gasteiger partial charge in [-0.1, -0.05) is 6.07 Å². The average Bonchev–Trinajstić information content (AvgIpc) is 2.19. The molecule has 0 unspecified atom stereocenters. The molecular weight excluding hydrogens is 168 g/mol. The van der Waals surface area contributed by atoms with Crippen LogP contribution < -0.4 is 5.32 Å². The Bertz CT molecular complexity index is 262. The largest absolute Gasteiger partial charge is 0.468 e. The van der Waals surface area contributed by atoms with Gasteiger partial charge >= 0.3 is 5.97 Å². The molecule has 0 spiro atoms. The minimum absolute atomic E-state index is 0.215. The second kappa shape index (κ2) is 5.27. The molecule has 0 atom stereocenters. The number of nitrogens with zero attached hydrogens (tertiary/aromatic N) is 1. The Balaban J connectivity index is 2.24. The van der Waals surface area contributed by atoms with E-state index in [0.29, 0.717) is 6.54 Å². The summed E-state index contributed by atoms with van der Waals surface area (Å²) in [7, 11) is 1.37. The fourth-order valence-corrected chi connectivity index (χ4v) is 0.867. The third kappa shape index (κ3) is 3.66. The van der Waals surface area contributed by atoms with Crippen LogP contribution in [-0.4, -0.2) is 24.6 Å². The van der Waals surface area contributed by atoms with Crippen molar-refractivity contribution in [1.82, 2.24) is 10.3 Å². The average molecular weight is 180 g/mol. The van der Waals surface area contributed by atoms with Gasteiger partial charge in [0.15, 0.2) is 0 Å². The third-order valence-electron chi connectivity index (χ3n) is 1.53. The molecule has 0 radical (unpaired) electrons. The van der Waals surface area contributed by atoms with Crippen molar-refractivity contribution in [1.29, 1.82) is 0 Å². The Morgan fingerprint density at radius 1 is 1.62 bits per heavy atom. The number of carbonyl (C=O) groups is 1. The second-order valence-corrected chi connectivity index (χ2v) is 2.50. The van der Waals surface area contributed by atoms with Crippen molar-refractivity contribution in [3.8, 4) is 0 Å². The fourth-order valence-electron chi connectivity index (χ4n) is 0.867. The first-order valence-corrected chi connectivity index (χ1v) is 4.00. The van der Waals surface area contributed by atoms with Crippen molar-refractivity contribution < 1.29 is 9.53 Å². The quantitative estimate of drug-likeness (QED) is 0.679. The lowest BCUT2D eigenvalue weighted by atomic mass is 10.3. The topological polar surface area (TPSA) is 51.2 Å². The van der Waals surface area contributed by atoms with Crippen molar-refractivity contribution in [2.24, 2.45) is 0 Å². The second-order valence-electron chi connectivity index (χ2n) is 2.50. The Hall–Kier alpha value is -1.42. The summed E-state index contributed by atoms with van der Waals surface area (Å²) in [5, 5.41) is 2.92. The first-order chi connectivity index (χ1) is 6.33. The number of nitrogens with one attached hydrogen (secondary N) is 1. The molecule has 0 aromatic carbocycles.